The van der Waals surface area contributed by atoms with E-state index < -0.39 is 30.1 Å². The Bertz CT molecular complexity index is 1340. The minimum Gasteiger partial charge on any atom is -0.467 e. The number of thiophene rings is 1. The first kappa shape index (κ1) is 25.4. The summed E-state index contributed by atoms with van der Waals surface area (Å²) in [5.41, 5.74) is 6.68. The molecule has 2 aliphatic rings. The highest BCUT2D eigenvalue weighted by atomic mass is 32.1. The van der Waals surface area contributed by atoms with Crippen molar-refractivity contribution in [1.82, 2.24) is 9.78 Å². The summed E-state index contributed by atoms with van der Waals surface area (Å²) in [6, 6.07) is 1.80. The number of nitrogens with one attached hydrogen (secondary N) is 2. The largest absolute Gasteiger partial charge is 0.467 e. The lowest BCUT2D eigenvalue weighted by molar-refractivity contribution is -0.174. The molecule has 0 bridgehead atoms. The van der Waals surface area contributed by atoms with Gasteiger partial charge in [0.05, 0.1) is 17.9 Å². The van der Waals surface area contributed by atoms with Crippen LogP contribution >= 0.6 is 11.3 Å². The molecule has 1 aliphatic heterocycles. The Morgan fingerprint density at radius 2 is 2.05 bits per heavy atom. The van der Waals surface area contributed by atoms with E-state index in [0.717, 1.165) is 28.0 Å². The van der Waals surface area contributed by atoms with E-state index in [4.69, 9.17) is 10.2 Å². The summed E-state index contributed by atoms with van der Waals surface area (Å²) in [5, 5.41) is 9.97. The number of primary amides is 1. The standard InChI is InChI=1S/C25H28F3N5O3S/c1-24(2,3)12-6-7-13-17(9-12)37-23(20(13)21(29)34)31-22(35)15-11-19-30-14(16-5-4-8-36-16)10-18(25(26,27)28)33(19)32-15/h4-5,8,11-12,14,18,30H,6-7,9-10H2,1-3H3,(H2,29,34)(H,31,35)/t12-,14+,18-/m1/s1. The molecule has 198 valence electrons. The summed E-state index contributed by atoms with van der Waals surface area (Å²) in [6.07, 6.45) is -1.20. The first-order chi connectivity index (χ1) is 17.3. The highest BCUT2D eigenvalue weighted by Gasteiger charge is 2.47. The van der Waals surface area contributed by atoms with Crippen molar-refractivity contribution in [2.24, 2.45) is 17.1 Å². The lowest BCUT2D eigenvalue weighted by Gasteiger charge is -2.33. The summed E-state index contributed by atoms with van der Waals surface area (Å²) in [5.74, 6) is -0.542. The fourth-order valence-electron chi connectivity index (χ4n) is 5.20. The van der Waals surface area contributed by atoms with Gasteiger partial charge in [0.1, 0.15) is 16.6 Å². The predicted molar refractivity (Wildman–Crippen MR) is 133 cm³/mol. The molecule has 4 N–H and O–H groups in total. The predicted octanol–water partition coefficient (Wildman–Crippen LogP) is 5.70. The molecule has 0 radical (unpaired) electrons. The van der Waals surface area contributed by atoms with Crippen LogP contribution in [0.5, 0.6) is 0 Å². The maximum atomic E-state index is 13.9. The molecular formula is C25H28F3N5O3S. The van der Waals surface area contributed by atoms with Gasteiger partial charge in [0.15, 0.2) is 11.7 Å². The van der Waals surface area contributed by atoms with Crippen LogP contribution in [-0.2, 0) is 12.8 Å². The SMILES string of the molecule is CC(C)(C)[C@@H]1CCc2c(sc(NC(=O)c3cc4n(n3)[C@@H](C(F)(F)F)C[C@@H](c3ccco3)N4)c2C(N)=O)C1. The number of hydrogen-bond acceptors (Lipinski definition) is 6. The van der Waals surface area contributed by atoms with Crippen LogP contribution in [0.3, 0.4) is 0 Å². The van der Waals surface area contributed by atoms with E-state index in [-0.39, 0.29) is 28.9 Å². The lowest BCUT2D eigenvalue weighted by Crippen LogP contribution is -2.35. The average Bonchev–Trinajstić information content (AvgIpc) is 3.53. The number of hydrogen-bond donors (Lipinski definition) is 3. The van der Waals surface area contributed by atoms with Crippen molar-refractivity contribution < 1.29 is 27.2 Å². The molecule has 12 heteroatoms. The van der Waals surface area contributed by atoms with E-state index in [0.29, 0.717) is 23.1 Å². The van der Waals surface area contributed by atoms with Crippen LogP contribution in [0.15, 0.2) is 28.9 Å². The van der Waals surface area contributed by atoms with Gasteiger partial charge in [-0.3, -0.25) is 9.59 Å². The van der Waals surface area contributed by atoms with Crippen molar-refractivity contribution in [2.75, 3.05) is 10.6 Å². The van der Waals surface area contributed by atoms with Gasteiger partial charge in [-0.15, -0.1) is 11.3 Å². The van der Waals surface area contributed by atoms with Gasteiger partial charge in [0.2, 0.25) is 0 Å². The zero-order chi connectivity index (χ0) is 26.7. The zero-order valence-corrected chi connectivity index (χ0v) is 21.4. The molecule has 8 nitrogen and oxygen atoms in total. The summed E-state index contributed by atoms with van der Waals surface area (Å²) >= 11 is 1.30. The molecule has 3 aromatic heterocycles. The molecule has 5 rings (SSSR count). The Balaban J connectivity index is 1.44. The number of fused-ring (bicyclic) bond motifs is 2. The fraction of sp³-hybridized carbons (Fsp3) is 0.480. The molecule has 0 fully saturated rings. The van der Waals surface area contributed by atoms with E-state index in [1.807, 2.05) is 0 Å². The van der Waals surface area contributed by atoms with Crippen LogP contribution < -0.4 is 16.4 Å². The van der Waals surface area contributed by atoms with E-state index in [2.05, 4.69) is 36.5 Å². The monoisotopic (exact) mass is 535 g/mol. The second-order valence-corrected chi connectivity index (χ2v) is 11.8. The average molecular weight is 536 g/mol. The number of nitrogens with zero attached hydrogens (tertiary/aromatic N) is 2. The molecule has 0 unspecified atom stereocenters. The van der Waals surface area contributed by atoms with E-state index >= 15 is 0 Å². The smallest absolute Gasteiger partial charge is 0.410 e. The highest BCUT2D eigenvalue weighted by molar-refractivity contribution is 7.17. The first-order valence-electron chi connectivity index (χ1n) is 12.0. The van der Waals surface area contributed by atoms with Gasteiger partial charge in [0, 0.05) is 17.4 Å². The number of nitrogens with two attached hydrogens (primary N) is 1. The molecule has 1 aliphatic carbocycles. The normalized spacial score (nSPS) is 21.6. The van der Waals surface area contributed by atoms with Crippen LogP contribution in [0, 0.1) is 11.3 Å². The Morgan fingerprint density at radius 3 is 2.68 bits per heavy atom. The number of halogens is 3. The molecule has 3 aromatic rings. The molecule has 0 saturated heterocycles. The van der Waals surface area contributed by atoms with Gasteiger partial charge in [-0.1, -0.05) is 20.8 Å². The maximum Gasteiger partial charge on any atom is 0.410 e. The molecule has 37 heavy (non-hydrogen) atoms. The summed E-state index contributed by atoms with van der Waals surface area (Å²) in [7, 11) is 0. The summed E-state index contributed by atoms with van der Waals surface area (Å²) in [6.45, 7) is 6.52. The quantitative estimate of drug-likeness (QED) is 0.396. The minimum atomic E-state index is -4.59. The molecule has 4 heterocycles. The number of anilines is 2. The third-order valence-corrected chi connectivity index (χ3v) is 8.44. The van der Waals surface area contributed by atoms with Gasteiger partial charge in [-0.25, -0.2) is 4.68 Å². The number of carbonyl (C=O) groups excluding carboxylic acids is 2. The Kier molecular flexibility index (Phi) is 6.12. The van der Waals surface area contributed by atoms with Gasteiger partial charge in [0.25, 0.3) is 11.8 Å². The van der Waals surface area contributed by atoms with E-state index in [1.165, 1.54) is 23.7 Å². The van der Waals surface area contributed by atoms with Crippen molar-refractivity contribution in [3.8, 4) is 0 Å². The Hall–Kier alpha value is -3.28. The second kappa shape index (κ2) is 8.93. The van der Waals surface area contributed by atoms with Crippen molar-refractivity contribution in [3.63, 3.8) is 0 Å². The van der Waals surface area contributed by atoms with E-state index in [1.54, 1.807) is 12.1 Å². The molecule has 3 atom stereocenters. The van der Waals surface area contributed by atoms with Crippen LogP contribution in [0.4, 0.5) is 24.0 Å². The second-order valence-electron chi connectivity index (χ2n) is 10.7. The van der Waals surface area contributed by atoms with Crippen molar-refractivity contribution in [2.45, 2.75) is 64.7 Å². The number of aromatic nitrogens is 2. The summed E-state index contributed by atoms with van der Waals surface area (Å²) < 4.78 is 47.8. The first-order valence-corrected chi connectivity index (χ1v) is 12.9. The third-order valence-electron chi connectivity index (χ3n) is 7.27. The van der Waals surface area contributed by atoms with Crippen LogP contribution in [0.25, 0.3) is 0 Å². The highest BCUT2D eigenvalue weighted by Crippen LogP contribution is 2.45. The number of furan rings is 1. The van der Waals surface area contributed by atoms with Crippen LogP contribution in [0.1, 0.15) is 82.7 Å². The van der Waals surface area contributed by atoms with Crippen LogP contribution in [-0.4, -0.2) is 27.8 Å². The lowest BCUT2D eigenvalue weighted by atomic mass is 9.72. The summed E-state index contributed by atoms with van der Waals surface area (Å²) in [4.78, 5) is 26.5. The van der Waals surface area contributed by atoms with Gasteiger partial charge in [-0.2, -0.15) is 18.3 Å². The maximum absolute atomic E-state index is 13.9. The number of rotatable bonds is 4. The molecule has 0 spiro atoms. The van der Waals surface area contributed by atoms with E-state index in [9.17, 15) is 22.8 Å². The third kappa shape index (κ3) is 4.74. The number of carbonyl (C=O) groups is 2. The van der Waals surface area contributed by atoms with Crippen molar-refractivity contribution in [1.29, 1.82) is 0 Å². The van der Waals surface area contributed by atoms with Gasteiger partial charge in [-0.05, 0) is 48.3 Å². The van der Waals surface area contributed by atoms with Crippen LogP contribution in [0.2, 0.25) is 0 Å². The zero-order valence-electron chi connectivity index (χ0n) is 20.6. The number of amides is 2. The minimum absolute atomic E-state index is 0.0498. The van der Waals surface area contributed by atoms with Crippen molar-refractivity contribution >= 4 is 34.0 Å². The van der Waals surface area contributed by atoms with Crippen molar-refractivity contribution in [3.05, 3.63) is 51.9 Å². The van der Waals surface area contributed by atoms with Gasteiger partial charge < -0.3 is 20.8 Å². The Labute approximate surface area is 215 Å². The molecular weight excluding hydrogens is 507 g/mol. The number of alkyl halides is 3. The fourth-order valence-corrected chi connectivity index (χ4v) is 6.53. The molecule has 0 saturated carbocycles. The molecule has 0 aromatic carbocycles. The van der Waals surface area contributed by atoms with Gasteiger partial charge >= 0.3 is 6.18 Å². The molecule has 2 amide bonds. The Morgan fingerprint density at radius 1 is 1.30 bits per heavy atom. The topological polar surface area (TPSA) is 115 Å².